The van der Waals surface area contributed by atoms with E-state index in [0.29, 0.717) is 6.20 Å². The summed E-state index contributed by atoms with van der Waals surface area (Å²) >= 11 is 0. The lowest BCUT2D eigenvalue weighted by Gasteiger charge is -2.16. The number of hydrogen-bond acceptors (Lipinski definition) is 7. The highest BCUT2D eigenvalue weighted by atomic mass is 31.2. The van der Waals surface area contributed by atoms with E-state index in [0.717, 1.165) is 4.57 Å². The fourth-order valence-corrected chi connectivity index (χ4v) is 2.29. The van der Waals surface area contributed by atoms with Crippen LogP contribution in [0, 0.1) is 10.7 Å². The van der Waals surface area contributed by atoms with Crippen molar-refractivity contribution in [1.82, 2.24) is 9.55 Å². The highest BCUT2D eigenvalue weighted by Gasteiger charge is 2.37. The highest BCUT2D eigenvalue weighted by molar-refractivity contribution is 7.51. The molecular weight excluding hydrogens is 328 g/mol. The molecule has 0 aliphatic carbocycles. The van der Waals surface area contributed by atoms with Gasteiger partial charge in [0.25, 0.3) is 5.56 Å². The van der Waals surface area contributed by atoms with Crippen LogP contribution in [-0.2, 0) is 13.8 Å². The normalized spacial score (nSPS) is 27.5. The van der Waals surface area contributed by atoms with Crippen LogP contribution in [0.1, 0.15) is 12.6 Å². The van der Waals surface area contributed by atoms with Gasteiger partial charge in [0.15, 0.2) is 0 Å². The van der Waals surface area contributed by atoms with Crippen LogP contribution in [0.5, 0.6) is 0 Å². The van der Waals surface area contributed by atoms with E-state index in [-0.39, 0.29) is 6.42 Å². The van der Waals surface area contributed by atoms with Gasteiger partial charge in [-0.1, -0.05) is 0 Å². The summed E-state index contributed by atoms with van der Waals surface area (Å²) in [7, 11) is -4.67. The van der Waals surface area contributed by atoms with Crippen LogP contribution in [0.2, 0.25) is 0 Å². The second-order valence-electron chi connectivity index (χ2n) is 4.44. The first-order chi connectivity index (χ1) is 10.2. The van der Waals surface area contributed by atoms with E-state index >= 15 is 0 Å². The van der Waals surface area contributed by atoms with Gasteiger partial charge in [-0.05, 0) is 0 Å². The van der Waals surface area contributed by atoms with Gasteiger partial charge in [0.2, 0.25) is 5.82 Å². The van der Waals surface area contributed by atoms with Gasteiger partial charge < -0.3 is 14.7 Å². The molecule has 1 aliphatic heterocycles. The van der Waals surface area contributed by atoms with Crippen molar-refractivity contribution in [1.29, 1.82) is 0 Å². The number of ether oxygens (including phenoxy) is 1. The monoisotopic (exact) mass is 339 g/mol. The summed E-state index contributed by atoms with van der Waals surface area (Å²) in [5.74, 6) is -1.22. The Balaban J connectivity index is 2.12. The molecule has 2 rings (SSSR count). The van der Waals surface area contributed by atoms with E-state index < -0.39 is 49.9 Å². The number of aliphatic hydroxyl groups is 1. The molecule has 11 nitrogen and oxygen atoms in total. The van der Waals surface area contributed by atoms with Crippen LogP contribution >= 0.6 is 7.75 Å². The molecule has 0 saturated carbocycles. The molecule has 3 N–H and O–H groups in total. The summed E-state index contributed by atoms with van der Waals surface area (Å²) in [6.07, 6.45) is -3.02. The smallest absolute Gasteiger partial charge is 0.390 e. The van der Waals surface area contributed by atoms with Crippen molar-refractivity contribution < 1.29 is 28.2 Å². The topological polar surface area (TPSA) is 160 Å². The van der Waals surface area contributed by atoms with Crippen molar-refractivity contribution >= 4 is 7.75 Å². The third-order valence-electron chi connectivity index (χ3n) is 2.95. The fraction of sp³-hybridized carbons (Fsp3) is 0.556. The van der Waals surface area contributed by atoms with Crippen molar-refractivity contribution in [2.24, 2.45) is 4.95 Å². The largest absolute Gasteiger partial charge is 0.487 e. The van der Waals surface area contributed by atoms with Crippen molar-refractivity contribution in [3.8, 4) is 0 Å². The number of nitrogens with zero attached hydrogens (tertiary/aromatic N) is 2. The Hall–Kier alpha value is -1.72. The van der Waals surface area contributed by atoms with Crippen LogP contribution in [-0.4, -0.2) is 38.4 Å². The molecule has 2 heterocycles. The van der Waals surface area contributed by atoms with E-state index in [1.54, 1.807) is 4.98 Å². The number of aromatic amines is 1. The van der Waals surface area contributed by atoms with Gasteiger partial charge in [-0.15, -0.1) is 4.91 Å². The molecule has 122 valence electrons. The molecule has 1 saturated heterocycles. The molecular formula is C9H11FN3O8P. The zero-order chi connectivity index (χ0) is 16.5. The molecule has 4 unspecified atom stereocenters. The van der Waals surface area contributed by atoms with Gasteiger partial charge in [-0.25, -0.2) is 9.36 Å². The number of H-pyrrole nitrogens is 1. The SMILES string of the molecule is O=NP(=O)(O)OCC1OC(n2cc(F)c(=O)[nH]c2=O)CC1O. The molecule has 0 spiro atoms. The van der Waals surface area contributed by atoms with Gasteiger partial charge in [-0.2, -0.15) is 4.39 Å². The number of aromatic nitrogens is 2. The number of nitrogens with one attached hydrogen (secondary N) is 1. The molecule has 0 bridgehead atoms. The highest BCUT2D eigenvalue weighted by Crippen LogP contribution is 2.44. The average molecular weight is 339 g/mol. The number of aliphatic hydroxyl groups excluding tert-OH is 1. The van der Waals surface area contributed by atoms with Crippen molar-refractivity contribution in [3.05, 3.63) is 37.8 Å². The minimum Gasteiger partial charge on any atom is -0.390 e. The molecule has 0 aromatic carbocycles. The van der Waals surface area contributed by atoms with E-state index in [1.807, 2.05) is 4.95 Å². The fourth-order valence-electron chi connectivity index (χ4n) is 1.90. The quantitative estimate of drug-likeness (QED) is 0.464. The van der Waals surface area contributed by atoms with E-state index in [2.05, 4.69) is 4.52 Å². The third-order valence-corrected chi connectivity index (χ3v) is 3.64. The van der Waals surface area contributed by atoms with Gasteiger partial charge >= 0.3 is 13.4 Å². The summed E-state index contributed by atoms with van der Waals surface area (Å²) in [6, 6.07) is 0. The maximum atomic E-state index is 13.2. The lowest BCUT2D eigenvalue weighted by Crippen LogP contribution is -2.34. The second-order valence-corrected chi connectivity index (χ2v) is 5.85. The first kappa shape index (κ1) is 16.6. The van der Waals surface area contributed by atoms with Gasteiger partial charge in [0.05, 0.1) is 18.9 Å². The van der Waals surface area contributed by atoms with Crippen LogP contribution in [0.4, 0.5) is 4.39 Å². The van der Waals surface area contributed by atoms with Crippen molar-refractivity contribution in [2.45, 2.75) is 24.9 Å². The minimum absolute atomic E-state index is 0.163. The standard InChI is InChI=1S/C9H11FN3O8P/c10-4-2-13(9(16)11-8(4)15)7-1-5(14)6(21-7)3-20-22(18,19)12-17/h2,5-7,14H,1,3H2,(H,18,19)(H,11,15,16). The first-order valence-electron chi connectivity index (χ1n) is 5.90. The lowest BCUT2D eigenvalue weighted by atomic mass is 10.2. The van der Waals surface area contributed by atoms with Crippen molar-refractivity contribution in [3.63, 3.8) is 0 Å². The summed E-state index contributed by atoms with van der Waals surface area (Å²) in [4.78, 5) is 44.9. The number of halogens is 1. The second kappa shape index (κ2) is 6.18. The lowest BCUT2D eigenvalue weighted by molar-refractivity contribution is -0.0427. The summed E-state index contributed by atoms with van der Waals surface area (Å²) in [6.45, 7) is -0.641. The van der Waals surface area contributed by atoms with Gasteiger partial charge in [-0.3, -0.25) is 18.9 Å². The van der Waals surface area contributed by atoms with Crippen LogP contribution in [0.15, 0.2) is 20.7 Å². The summed E-state index contributed by atoms with van der Waals surface area (Å²) in [5, 5.41) is 9.74. The predicted molar refractivity (Wildman–Crippen MR) is 67.4 cm³/mol. The number of nitroso groups, excluding NO2 is 1. The molecule has 22 heavy (non-hydrogen) atoms. The molecule has 4 atom stereocenters. The molecule has 1 fully saturated rings. The Morgan fingerprint density at radius 2 is 2.27 bits per heavy atom. The zero-order valence-electron chi connectivity index (χ0n) is 10.8. The third kappa shape index (κ3) is 3.54. The van der Waals surface area contributed by atoms with Crippen LogP contribution < -0.4 is 11.2 Å². The van der Waals surface area contributed by atoms with E-state index in [4.69, 9.17) is 9.63 Å². The van der Waals surface area contributed by atoms with Crippen molar-refractivity contribution in [2.75, 3.05) is 6.61 Å². The maximum absolute atomic E-state index is 13.2. The Kier molecular flexibility index (Phi) is 4.68. The average Bonchev–Trinajstić information content (AvgIpc) is 2.82. The Morgan fingerprint density at radius 3 is 2.91 bits per heavy atom. The number of hydrogen-bond donors (Lipinski definition) is 3. The Labute approximate surface area is 120 Å². The molecule has 0 radical (unpaired) electrons. The maximum Gasteiger partial charge on any atom is 0.487 e. The van der Waals surface area contributed by atoms with E-state index in [1.165, 1.54) is 0 Å². The minimum atomic E-state index is -4.67. The summed E-state index contributed by atoms with van der Waals surface area (Å²) < 4.78 is 34.3. The van der Waals surface area contributed by atoms with Crippen LogP contribution in [0.3, 0.4) is 0 Å². The molecule has 0 amide bonds. The Bertz CT molecular complexity index is 732. The predicted octanol–water partition coefficient (Wildman–Crippen LogP) is -0.792. The van der Waals surface area contributed by atoms with Gasteiger partial charge in [0, 0.05) is 11.4 Å². The number of rotatable bonds is 5. The van der Waals surface area contributed by atoms with E-state index in [9.17, 15) is 28.6 Å². The van der Waals surface area contributed by atoms with Crippen LogP contribution in [0.25, 0.3) is 0 Å². The molecule has 1 aromatic heterocycles. The molecule has 1 aliphatic rings. The van der Waals surface area contributed by atoms with Gasteiger partial charge in [0.1, 0.15) is 12.3 Å². The Morgan fingerprint density at radius 1 is 1.59 bits per heavy atom. The summed E-state index contributed by atoms with van der Waals surface area (Å²) in [5.41, 5.74) is -2.15. The first-order valence-corrected chi connectivity index (χ1v) is 7.43. The zero-order valence-corrected chi connectivity index (χ0v) is 11.7. The molecule has 13 heteroatoms. The molecule has 1 aromatic rings.